The smallest absolute Gasteiger partial charge is 0.224 e. The summed E-state index contributed by atoms with van der Waals surface area (Å²) in [6, 6.07) is 17.8. The van der Waals surface area contributed by atoms with Gasteiger partial charge in [0, 0.05) is 19.6 Å². The molecule has 1 fully saturated rings. The third-order valence-electron chi connectivity index (χ3n) is 5.93. The largest absolute Gasteiger partial charge is 0.497 e. The van der Waals surface area contributed by atoms with Crippen LogP contribution in [-0.4, -0.2) is 51.1 Å². The minimum absolute atomic E-state index is 0.0418. The molecule has 1 N–H and O–H groups in total. The van der Waals surface area contributed by atoms with Crippen LogP contribution in [0, 0.1) is 5.92 Å². The predicted octanol–water partition coefficient (Wildman–Crippen LogP) is 3.42. The van der Waals surface area contributed by atoms with Gasteiger partial charge in [0.1, 0.15) is 5.75 Å². The number of benzene rings is 2. The molecule has 1 saturated heterocycles. The first-order chi connectivity index (χ1) is 15.5. The van der Waals surface area contributed by atoms with Crippen molar-refractivity contribution in [3.63, 3.8) is 0 Å². The van der Waals surface area contributed by atoms with Gasteiger partial charge in [0.25, 0.3) is 0 Å². The molecule has 1 aliphatic heterocycles. The van der Waals surface area contributed by atoms with Crippen LogP contribution in [0.15, 0.2) is 54.6 Å². The van der Waals surface area contributed by atoms with E-state index >= 15 is 0 Å². The van der Waals surface area contributed by atoms with Crippen LogP contribution in [0.3, 0.4) is 0 Å². The maximum absolute atomic E-state index is 12.8. The maximum Gasteiger partial charge on any atom is 0.224 e. The Labute approximate surface area is 192 Å². The molecule has 3 rings (SSSR count). The number of carbonyl (C=O) groups excluding carboxylic acids is 1. The lowest BCUT2D eigenvalue weighted by atomic mass is 9.99. The highest BCUT2D eigenvalue weighted by molar-refractivity contribution is 7.89. The zero-order chi connectivity index (χ0) is 22.8. The highest BCUT2D eigenvalue weighted by Gasteiger charge is 2.31. The summed E-state index contributed by atoms with van der Waals surface area (Å²) in [4.78, 5) is 12.6. The first-order valence-corrected chi connectivity index (χ1v) is 13.0. The van der Waals surface area contributed by atoms with Crippen LogP contribution >= 0.6 is 0 Å². The topological polar surface area (TPSA) is 75.7 Å². The molecule has 0 spiro atoms. The van der Waals surface area contributed by atoms with Gasteiger partial charge < -0.3 is 10.1 Å². The van der Waals surface area contributed by atoms with E-state index in [1.54, 1.807) is 7.11 Å². The van der Waals surface area contributed by atoms with Crippen molar-refractivity contribution in [1.29, 1.82) is 0 Å². The van der Waals surface area contributed by atoms with E-state index in [0.29, 0.717) is 19.5 Å². The summed E-state index contributed by atoms with van der Waals surface area (Å²) >= 11 is 0. The van der Waals surface area contributed by atoms with Gasteiger partial charge in [0.15, 0.2) is 0 Å². The number of sulfonamides is 1. The SMILES string of the molecule is COc1cccc(CCCNC(=O)[C@H]2CCCN(S(=O)(=O)CCCc3ccccc3)C2)c1. The molecule has 0 saturated carbocycles. The third kappa shape index (κ3) is 7.35. The monoisotopic (exact) mass is 458 g/mol. The number of amides is 1. The number of hydrogen-bond donors (Lipinski definition) is 1. The number of ether oxygens (including phenoxy) is 1. The summed E-state index contributed by atoms with van der Waals surface area (Å²) < 4.78 is 32.4. The summed E-state index contributed by atoms with van der Waals surface area (Å²) in [5.74, 6) is 0.639. The Morgan fingerprint density at radius 3 is 2.59 bits per heavy atom. The average molecular weight is 459 g/mol. The Hall–Kier alpha value is -2.38. The summed E-state index contributed by atoms with van der Waals surface area (Å²) in [5.41, 5.74) is 2.32. The highest BCUT2D eigenvalue weighted by Crippen LogP contribution is 2.21. The van der Waals surface area contributed by atoms with E-state index in [4.69, 9.17) is 4.74 Å². The van der Waals surface area contributed by atoms with Gasteiger partial charge >= 0.3 is 0 Å². The van der Waals surface area contributed by atoms with Crippen LogP contribution in [0.4, 0.5) is 0 Å². The van der Waals surface area contributed by atoms with E-state index in [-0.39, 0.29) is 24.1 Å². The molecule has 1 atom stereocenters. The van der Waals surface area contributed by atoms with E-state index in [1.165, 1.54) is 9.87 Å². The molecule has 2 aromatic rings. The molecule has 1 aliphatic rings. The molecule has 32 heavy (non-hydrogen) atoms. The van der Waals surface area contributed by atoms with E-state index < -0.39 is 10.0 Å². The average Bonchev–Trinajstić information content (AvgIpc) is 2.82. The molecular formula is C25H34N2O4S. The number of methoxy groups -OCH3 is 1. The van der Waals surface area contributed by atoms with Crippen molar-refractivity contribution >= 4 is 15.9 Å². The van der Waals surface area contributed by atoms with Crippen molar-refractivity contribution < 1.29 is 17.9 Å². The standard InChI is InChI=1S/C25H34N2O4S/c1-31-24-15-5-11-22(19-24)12-6-16-26-25(28)23-14-7-17-27(20-23)32(29,30)18-8-13-21-9-3-2-4-10-21/h2-5,9-11,15,19,23H,6-8,12-14,16-18,20H2,1H3,(H,26,28)/t23-/m0/s1. The van der Waals surface area contributed by atoms with Crippen LogP contribution in [0.25, 0.3) is 0 Å². The molecule has 6 nitrogen and oxygen atoms in total. The molecule has 0 bridgehead atoms. The third-order valence-corrected chi connectivity index (χ3v) is 7.86. The minimum atomic E-state index is -3.35. The van der Waals surface area contributed by atoms with Crippen LogP contribution in [0.5, 0.6) is 5.75 Å². The van der Waals surface area contributed by atoms with Gasteiger partial charge in [-0.25, -0.2) is 12.7 Å². The molecular weight excluding hydrogens is 424 g/mol. The minimum Gasteiger partial charge on any atom is -0.497 e. The number of carbonyl (C=O) groups is 1. The zero-order valence-corrected chi connectivity index (χ0v) is 19.6. The lowest BCUT2D eigenvalue weighted by Crippen LogP contribution is -2.46. The number of hydrogen-bond acceptors (Lipinski definition) is 4. The molecule has 0 aliphatic carbocycles. The normalized spacial score (nSPS) is 17.1. The summed E-state index contributed by atoms with van der Waals surface area (Å²) in [5, 5.41) is 3.00. The number of nitrogens with zero attached hydrogens (tertiary/aromatic N) is 1. The summed E-state index contributed by atoms with van der Waals surface area (Å²) in [7, 11) is -1.70. The second-order valence-corrected chi connectivity index (χ2v) is 10.4. The molecule has 1 heterocycles. The van der Waals surface area contributed by atoms with Crippen molar-refractivity contribution in [2.75, 3.05) is 32.5 Å². The van der Waals surface area contributed by atoms with Crippen molar-refractivity contribution in [3.05, 3.63) is 65.7 Å². The van der Waals surface area contributed by atoms with Gasteiger partial charge in [0.05, 0.1) is 18.8 Å². The Morgan fingerprint density at radius 1 is 1.06 bits per heavy atom. The van der Waals surface area contributed by atoms with Gasteiger partial charge in [-0.2, -0.15) is 0 Å². The highest BCUT2D eigenvalue weighted by atomic mass is 32.2. The van der Waals surface area contributed by atoms with Gasteiger partial charge in [-0.05, 0) is 61.8 Å². The quantitative estimate of drug-likeness (QED) is 0.524. The van der Waals surface area contributed by atoms with Crippen molar-refractivity contribution in [1.82, 2.24) is 9.62 Å². The summed E-state index contributed by atoms with van der Waals surface area (Å²) in [6.45, 7) is 1.37. The fourth-order valence-electron chi connectivity index (χ4n) is 4.12. The number of piperidine rings is 1. The Kier molecular flexibility index (Phi) is 9.11. The van der Waals surface area contributed by atoms with E-state index in [0.717, 1.165) is 43.4 Å². The second kappa shape index (κ2) is 12.0. The second-order valence-electron chi connectivity index (χ2n) is 8.35. The first kappa shape index (κ1) is 24.3. The van der Waals surface area contributed by atoms with Crippen LogP contribution < -0.4 is 10.1 Å². The van der Waals surface area contributed by atoms with Gasteiger partial charge in [-0.1, -0.05) is 42.5 Å². The Bertz CT molecular complexity index is 963. The number of nitrogens with one attached hydrogen (secondary N) is 1. The molecule has 0 unspecified atom stereocenters. The molecule has 1 amide bonds. The fraction of sp³-hybridized carbons (Fsp3) is 0.480. The van der Waals surface area contributed by atoms with E-state index in [9.17, 15) is 13.2 Å². The summed E-state index contributed by atoms with van der Waals surface area (Å²) in [6.07, 6.45) is 4.46. The Morgan fingerprint density at radius 2 is 1.81 bits per heavy atom. The molecule has 0 radical (unpaired) electrons. The van der Waals surface area contributed by atoms with Crippen molar-refractivity contribution in [3.8, 4) is 5.75 Å². The molecule has 0 aromatic heterocycles. The van der Waals surface area contributed by atoms with Crippen molar-refractivity contribution in [2.24, 2.45) is 5.92 Å². The fourth-order valence-corrected chi connectivity index (χ4v) is 5.70. The molecule has 7 heteroatoms. The van der Waals surface area contributed by atoms with E-state index in [2.05, 4.69) is 5.32 Å². The Balaban J connectivity index is 1.41. The number of rotatable bonds is 11. The van der Waals surface area contributed by atoms with Crippen LogP contribution in [0.2, 0.25) is 0 Å². The first-order valence-electron chi connectivity index (χ1n) is 11.4. The number of aryl methyl sites for hydroxylation is 2. The van der Waals surface area contributed by atoms with Gasteiger partial charge in [-0.3, -0.25) is 4.79 Å². The predicted molar refractivity (Wildman–Crippen MR) is 127 cm³/mol. The van der Waals surface area contributed by atoms with Crippen LogP contribution in [-0.2, 0) is 27.7 Å². The van der Waals surface area contributed by atoms with Gasteiger partial charge in [0.2, 0.25) is 15.9 Å². The van der Waals surface area contributed by atoms with Gasteiger partial charge in [-0.15, -0.1) is 0 Å². The zero-order valence-electron chi connectivity index (χ0n) is 18.8. The maximum atomic E-state index is 12.8. The molecule has 174 valence electrons. The van der Waals surface area contributed by atoms with E-state index in [1.807, 2.05) is 54.6 Å². The van der Waals surface area contributed by atoms with Crippen molar-refractivity contribution in [2.45, 2.75) is 38.5 Å². The molecule has 2 aromatic carbocycles. The lowest BCUT2D eigenvalue weighted by Gasteiger charge is -2.31. The van der Waals surface area contributed by atoms with Crippen LogP contribution in [0.1, 0.15) is 36.8 Å². The lowest BCUT2D eigenvalue weighted by molar-refractivity contribution is -0.126.